The lowest BCUT2D eigenvalue weighted by molar-refractivity contribution is 0.624. The number of halogens is 2. The summed E-state index contributed by atoms with van der Waals surface area (Å²) in [6.45, 7) is 1.78. The van der Waals surface area contributed by atoms with E-state index in [4.69, 9.17) is 5.26 Å². The highest BCUT2D eigenvalue weighted by atomic mass is 19.1. The van der Waals surface area contributed by atoms with E-state index in [2.05, 4.69) is 0 Å². The number of hydrogen-bond acceptors (Lipinski definition) is 1. The molecule has 0 aliphatic heterocycles. The Morgan fingerprint density at radius 2 is 1.82 bits per heavy atom. The van der Waals surface area contributed by atoms with Crippen molar-refractivity contribution in [3.8, 4) is 17.2 Å². The number of nitriles is 1. The molecule has 0 aliphatic rings. The fourth-order valence-electron chi connectivity index (χ4n) is 1.66. The molecule has 0 fully saturated rings. The van der Waals surface area contributed by atoms with E-state index in [0.29, 0.717) is 11.1 Å². The van der Waals surface area contributed by atoms with Gasteiger partial charge in [-0.05, 0) is 42.3 Å². The third-order valence-electron chi connectivity index (χ3n) is 2.46. The Bertz CT molecular complexity index is 612. The van der Waals surface area contributed by atoms with Crippen molar-refractivity contribution >= 4 is 0 Å². The molecule has 0 saturated heterocycles. The lowest BCUT2D eigenvalue weighted by Crippen LogP contribution is -1.88. The molecular weight excluding hydrogens is 220 g/mol. The van der Waals surface area contributed by atoms with E-state index in [1.54, 1.807) is 19.1 Å². The largest absolute Gasteiger partial charge is 0.207 e. The van der Waals surface area contributed by atoms with Gasteiger partial charge in [-0.2, -0.15) is 5.26 Å². The number of rotatable bonds is 1. The topological polar surface area (TPSA) is 23.8 Å². The Balaban J connectivity index is 2.61. The normalized spacial score (nSPS) is 10.0. The van der Waals surface area contributed by atoms with Crippen LogP contribution in [0, 0.1) is 29.9 Å². The summed E-state index contributed by atoms with van der Waals surface area (Å²) < 4.78 is 26.9. The fraction of sp³-hybridized carbons (Fsp3) is 0.0714. The molecule has 1 nitrogen and oxygen atoms in total. The van der Waals surface area contributed by atoms with Crippen LogP contribution in [0.15, 0.2) is 36.4 Å². The second-order valence-corrected chi connectivity index (χ2v) is 3.82. The van der Waals surface area contributed by atoms with Crippen LogP contribution in [0.3, 0.4) is 0 Å². The number of hydrogen-bond donors (Lipinski definition) is 0. The zero-order valence-corrected chi connectivity index (χ0v) is 9.17. The second kappa shape index (κ2) is 4.34. The Hall–Kier alpha value is -2.21. The Kier molecular flexibility index (Phi) is 2.88. The number of aryl methyl sites for hydroxylation is 1. The summed E-state index contributed by atoms with van der Waals surface area (Å²) in [6.07, 6.45) is 0. The zero-order chi connectivity index (χ0) is 12.4. The van der Waals surface area contributed by atoms with Crippen LogP contribution in [-0.2, 0) is 0 Å². The van der Waals surface area contributed by atoms with Gasteiger partial charge in [0, 0.05) is 5.56 Å². The monoisotopic (exact) mass is 229 g/mol. The third kappa shape index (κ3) is 2.31. The highest BCUT2D eigenvalue weighted by Gasteiger charge is 2.08. The van der Waals surface area contributed by atoms with Gasteiger partial charge in [-0.1, -0.05) is 12.1 Å². The number of benzene rings is 2. The Morgan fingerprint density at radius 1 is 1.06 bits per heavy atom. The highest BCUT2D eigenvalue weighted by molar-refractivity contribution is 5.66. The van der Waals surface area contributed by atoms with Gasteiger partial charge in [0.25, 0.3) is 0 Å². The van der Waals surface area contributed by atoms with E-state index in [0.717, 1.165) is 11.6 Å². The average Bonchev–Trinajstić information content (AvgIpc) is 2.28. The molecule has 2 aromatic carbocycles. The molecule has 0 aliphatic carbocycles. The lowest BCUT2D eigenvalue weighted by atomic mass is 10.0. The van der Waals surface area contributed by atoms with Crippen molar-refractivity contribution in [2.45, 2.75) is 6.92 Å². The van der Waals surface area contributed by atoms with Crippen LogP contribution in [0.4, 0.5) is 8.78 Å². The molecule has 2 rings (SSSR count). The molecule has 0 atom stereocenters. The van der Waals surface area contributed by atoms with E-state index < -0.39 is 11.6 Å². The van der Waals surface area contributed by atoms with Gasteiger partial charge in [0.05, 0.1) is 11.6 Å². The van der Waals surface area contributed by atoms with Crippen molar-refractivity contribution in [1.29, 1.82) is 5.26 Å². The SMILES string of the molecule is Cc1ccc(-c2cc(F)cc(C#N)c2)c(F)c1. The van der Waals surface area contributed by atoms with Crippen molar-refractivity contribution < 1.29 is 8.78 Å². The standard InChI is InChI=1S/C14H9F2N/c1-9-2-3-13(14(16)4-9)11-5-10(8-17)6-12(15)7-11/h2-7H,1H3. The Labute approximate surface area is 97.9 Å². The summed E-state index contributed by atoms with van der Waals surface area (Å²) >= 11 is 0. The predicted octanol–water partition coefficient (Wildman–Crippen LogP) is 3.81. The molecule has 0 amide bonds. The molecule has 0 spiro atoms. The van der Waals surface area contributed by atoms with Gasteiger partial charge in [-0.3, -0.25) is 0 Å². The molecule has 0 heterocycles. The van der Waals surface area contributed by atoms with Gasteiger partial charge in [-0.25, -0.2) is 8.78 Å². The Morgan fingerprint density at radius 3 is 2.47 bits per heavy atom. The molecule has 17 heavy (non-hydrogen) atoms. The quantitative estimate of drug-likeness (QED) is 0.729. The van der Waals surface area contributed by atoms with E-state index >= 15 is 0 Å². The first kappa shape index (κ1) is 11.3. The molecule has 0 unspecified atom stereocenters. The van der Waals surface area contributed by atoms with Gasteiger partial charge in [0.15, 0.2) is 0 Å². The first-order valence-electron chi connectivity index (χ1n) is 5.07. The van der Waals surface area contributed by atoms with Crippen LogP contribution in [0.5, 0.6) is 0 Å². The summed E-state index contributed by atoms with van der Waals surface area (Å²) in [5, 5.41) is 8.74. The van der Waals surface area contributed by atoms with Gasteiger partial charge >= 0.3 is 0 Å². The van der Waals surface area contributed by atoms with Crippen LogP contribution >= 0.6 is 0 Å². The maximum Gasteiger partial charge on any atom is 0.131 e. The van der Waals surface area contributed by atoms with E-state index in [9.17, 15) is 8.78 Å². The van der Waals surface area contributed by atoms with Crippen molar-refractivity contribution in [3.63, 3.8) is 0 Å². The van der Waals surface area contributed by atoms with Crippen LogP contribution in [0.25, 0.3) is 11.1 Å². The fourth-order valence-corrected chi connectivity index (χ4v) is 1.66. The van der Waals surface area contributed by atoms with Crippen molar-refractivity contribution in [2.24, 2.45) is 0 Å². The van der Waals surface area contributed by atoms with Gasteiger partial charge in [0.1, 0.15) is 11.6 Å². The van der Waals surface area contributed by atoms with Crippen molar-refractivity contribution in [3.05, 3.63) is 59.2 Å². The summed E-state index contributed by atoms with van der Waals surface area (Å²) in [6, 6.07) is 10.4. The van der Waals surface area contributed by atoms with E-state index in [1.807, 2.05) is 6.07 Å². The lowest BCUT2D eigenvalue weighted by Gasteiger charge is -2.05. The highest BCUT2D eigenvalue weighted by Crippen LogP contribution is 2.25. The minimum atomic E-state index is -0.543. The predicted molar refractivity (Wildman–Crippen MR) is 61.2 cm³/mol. The van der Waals surface area contributed by atoms with Crippen molar-refractivity contribution in [1.82, 2.24) is 0 Å². The van der Waals surface area contributed by atoms with Gasteiger partial charge in [-0.15, -0.1) is 0 Å². The van der Waals surface area contributed by atoms with Crippen LogP contribution < -0.4 is 0 Å². The zero-order valence-electron chi connectivity index (χ0n) is 9.17. The second-order valence-electron chi connectivity index (χ2n) is 3.82. The molecular formula is C14H9F2N. The van der Waals surface area contributed by atoms with Crippen LogP contribution in [-0.4, -0.2) is 0 Å². The van der Waals surface area contributed by atoms with Gasteiger partial charge in [0.2, 0.25) is 0 Å². The summed E-state index contributed by atoms with van der Waals surface area (Å²) in [5.74, 6) is -0.960. The molecule has 84 valence electrons. The molecule has 0 aromatic heterocycles. The molecule has 3 heteroatoms. The summed E-state index contributed by atoms with van der Waals surface area (Å²) in [4.78, 5) is 0. The van der Waals surface area contributed by atoms with E-state index in [-0.39, 0.29) is 5.56 Å². The molecule has 0 bridgehead atoms. The summed E-state index contributed by atoms with van der Waals surface area (Å²) in [7, 11) is 0. The third-order valence-corrected chi connectivity index (χ3v) is 2.46. The molecule has 0 saturated carbocycles. The minimum absolute atomic E-state index is 0.181. The average molecular weight is 229 g/mol. The van der Waals surface area contributed by atoms with Gasteiger partial charge < -0.3 is 0 Å². The van der Waals surface area contributed by atoms with Crippen molar-refractivity contribution in [2.75, 3.05) is 0 Å². The first-order valence-corrected chi connectivity index (χ1v) is 5.07. The maximum atomic E-state index is 13.7. The first-order chi connectivity index (χ1) is 8.10. The molecule has 2 aromatic rings. The van der Waals surface area contributed by atoms with E-state index in [1.165, 1.54) is 18.2 Å². The molecule has 0 radical (unpaired) electrons. The van der Waals surface area contributed by atoms with Crippen LogP contribution in [0.2, 0.25) is 0 Å². The summed E-state index contributed by atoms with van der Waals surface area (Å²) in [5.41, 5.74) is 1.65. The molecule has 0 N–H and O–H groups in total. The smallest absolute Gasteiger partial charge is 0.131 e. The number of nitrogens with zero attached hydrogens (tertiary/aromatic N) is 1. The maximum absolute atomic E-state index is 13.7. The minimum Gasteiger partial charge on any atom is -0.207 e. The van der Waals surface area contributed by atoms with Crippen LogP contribution in [0.1, 0.15) is 11.1 Å².